The monoisotopic (exact) mass is 202 g/mol. The van der Waals surface area contributed by atoms with Gasteiger partial charge in [0, 0.05) is 0 Å². The molecule has 0 aliphatic carbocycles. The van der Waals surface area contributed by atoms with Gasteiger partial charge in [0.25, 0.3) is 0 Å². The molecule has 0 aromatic rings. The third kappa shape index (κ3) is 16.9. The molecule has 0 unspecified atom stereocenters. The highest BCUT2D eigenvalue weighted by molar-refractivity contribution is 5.82. The summed E-state index contributed by atoms with van der Waals surface area (Å²) in [4.78, 5) is 19.4. The van der Waals surface area contributed by atoms with Crippen molar-refractivity contribution < 1.29 is 24.3 Å². The molecule has 0 heterocycles. The zero-order valence-corrected chi connectivity index (χ0v) is 8.99. The van der Waals surface area contributed by atoms with Crippen molar-refractivity contribution >= 4 is 11.9 Å². The van der Waals surface area contributed by atoms with E-state index in [0.29, 0.717) is 4.48 Å². The van der Waals surface area contributed by atoms with E-state index < -0.39 is 11.9 Å². The lowest BCUT2D eigenvalue weighted by atomic mass is 10.4. The van der Waals surface area contributed by atoms with E-state index in [2.05, 4.69) is 6.58 Å². The summed E-state index contributed by atoms with van der Waals surface area (Å²) in [5.74, 6) is -2.19. The standard InChI is InChI=1S/C5H11NO2.C4H6O2/c1-6(2,3)4-5(7)8;1-3(2)4(5)6/h4H2,1-3H3;1H2,2H3,(H,5,6)/p-1. The number of nitrogens with zero attached hydrogens (tertiary/aromatic N) is 1. The Labute approximate surface area is 83.9 Å². The predicted octanol–water partition coefficient (Wildman–Crippen LogP) is -2.25. The Morgan fingerprint density at radius 2 is 1.50 bits per heavy atom. The van der Waals surface area contributed by atoms with Gasteiger partial charge in [-0.05, 0) is 12.5 Å². The van der Waals surface area contributed by atoms with Crippen molar-refractivity contribution in [2.45, 2.75) is 6.92 Å². The number of hydrogen-bond acceptors (Lipinski definition) is 4. The highest BCUT2D eigenvalue weighted by Gasteiger charge is 2.04. The Bertz CT molecular complexity index is 215. The van der Waals surface area contributed by atoms with Crippen LogP contribution in [-0.4, -0.2) is 44.1 Å². The van der Waals surface area contributed by atoms with Crippen LogP contribution in [0.1, 0.15) is 6.92 Å². The Morgan fingerprint density at radius 3 is 1.50 bits per heavy atom. The van der Waals surface area contributed by atoms with Crippen LogP contribution in [0.5, 0.6) is 0 Å². The van der Waals surface area contributed by atoms with Crippen LogP contribution < -0.4 is 10.2 Å². The predicted molar refractivity (Wildman–Crippen MR) is 47.7 cm³/mol. The van der Waals surface area contributed by atoms with E-state index in [1.807, 2.05) is 0 Å². The van der Waals surface area contributed by atoms with Gasteiger partial charge in [0.1, 0.15) is 6.54 Å². The van der Waals surface area contributed by atoms with Gasteiger partial charge >= 0.3 is 0 Å². The zero-order chi connectivity index (χ0) is 11.9. The molecule has 5 heteroatoms. The van der Waals surface area contributed by atoms with Crippen LogP contribution in [0.15, 0.2) is 12.2 Å². The van der Waals surface area contributed by atoms with Gasteiger partial charge in [-0.3, -0.25) is 0 Å². The second-order valence-electron chi connectivity index (χ2n) is 3.89. The molecule has 82 valence electrons. The number of carboxylic acids is 2. The number of carbonyl (C=O) groups is 2. The first-order valence-electron chi connectivity index (χ1n) is 3.93. The third-order valence-electron chi connectivity index (χ3n) is 0.952. The molecule has 0 aromatic carbocycles. The van der Waals surface area contributed by atoms with E-state index in [0.717, 1.165) is 0 Å². The lowest BCUT2D eigenvalue weighted by Gasteiger charge is -2.23. The van der Waals surface area contributed by atoms with E-state index in [4.69, 9.17) is 0 Å². The van der Waals surface area contributed by atoms with Gasteiger partial charge in [-0.25, -0.2) is 0 Å². The summed E-state index contributed by atoms with van der Waals surface area (Å²) in [6, 6.07) is 0. The third-order valence-corrected chi connectivity index (χ3v) is 0.952. The Balaban J connectivity index is 0. The molecule has 0 radical (unpaired) electrons. The molecule has 0 spiro atoms. The molecule has 0 aliphatic rings. The zero-order valence-electron chi connectivity index (χ0n) is 8.99. The fraction of sp³-hybridized carbons (Fsp3) is 0.556. The average molecular weight is 202 g/mol. The van der Waals surface area contributed by atoms with Gasteiger partial charge < -0.3 is 24.3 Å². The van der Waals surface area contributed by atoms with Crippen LogP contribution in [0.25, 0.3) is 0 Å². The molecule has 14 heavy (non-hydrogen) atoms. The van der Waals surface area contributed by atoms with Crippen molar-refractivity contribution in [3.05, 3.63) is 12.2 Å². The second kappa shape index (κ2) is 6.15. The van der Waals surface area contributed by atoms with Crippen molar-refractivity contribution in [3.8, 4) is 0 Å². The molecule has 0 fully saturated rings. The van der Waals surface area contributed by atoms with Gasteiger partial charge in [0.05, 0.1) is 33.1 Å². The van der Waals surface area contributed by atoms with Crippen LogP contribution >= 0.6 is 0 Å². The van der Waals surface area contributed by atoms with Gasteiger partial charge in [-0.15, -0.1) is 0 Å². The smallest absolute Gasteiger partial charge is 0.118 e. The molecule has 0 bridgehead atoms. The topological polar surface area (TPSA) is 80.3 Å². The fourth-order valence-corrected chi connectivity index (χ4v) is 0.387. The van der Waals surface area contributed by atoms with Crippen LogP contribution in [0.4, 0.5) is 0 Å². The molecule has 0 saturated heterocycles. The maximum absolute atomic E-state index is 9.89. The van der Waals surface area contributed by atoms with E-state index in [1.165, 1.54) is 6.92 Å². The number of quaternary nitrogens is 1. The molecule has 5 nitrogen and oxygen atoms in total. The van der Waals surface area contributed by atoms with Crippen LogP contribution in [0, 0.1) is 0 Å². The molecule has 0 N–H and O–H groups in total. The van der Waals surface area contributed by atoms with E-state index in [-0.39, 0.29) is 12.1 Å². The van der Waals surface area contributed by atoms with Crippen LogP contribution in [0.2, 0.25) is 0 Å². The second-order valence-corrected chi connectivity index (χ2v) is 3.89. The lowest BCUT2D eigenvalue weighted by molar-refractivity contribution is -0.864. The summed E-state index contributed by atoms with van der Waals surface area (Å²) >= 11 is 0. The fourth-order valence-electron chi connectivity index (χ4n) is 0.387. The molecular formula is C9H16NO4-. The summed E-state index contributed by atoms with van der Waals surface area (Å²) in [5.41, 5.74) is 0.0648. The minimum Gasteiger partial charge on any atom is -0.545 e. The number of hydrogen-bond donors (Lipinski definition) is 0. The summed E-state index contributed by atoms with van der Waals surface area (Å²) in [6.07, 6.45) is 0. The van der Waals surface area contributed by atoms with Crippen LogP contribution in [0.3, 0.4) is 0 Å². The molecule has 0 aromatic heterocycles. The highest BCUT2D eigenvalue weighted by atomic mass is 16.4. The minimum absolute atomic E-state index is 0.0648. The van der Waals surface area contributed by atoms with E-state index in [1.54, 1.807) is 21.1 Å². The molecule has 0 amide bonds. The van der Waals surface area contributed by atoms with Crippen molar-refractivity contribution in [3.63, 3.8) is 0 Å². The first kappa shape index (κ1) is 15.1. The maximum atomic E-state index is 9.89. The number of likely N-dealkylation sites (N-methyl/N-ethyl adjacent to an activating group) is 1. The van der Waals surface area contributed by atoms with Crippen molar-refractivity contribution in [2.75, 3.05) is 27.7 Å². The van der Waals surface area contributed by atoms with Crippen molar-refractivity contribution in [2.24, 2.45) is 0 Å². The first-order valence-corrected chi connectivity index (χ1v) is 3.93. The Morgan fingerprint density at radius 1 is 1.21 bits per heavy atom. The summed E-state index contributed by atoms with van der Waals surface area (Å²) < 4.78 is 0.419. The minimum atomic E-state index is -1.19. The SMILES string of the molecule is C=C(C)C(=O)[O-].C[N+](C)(C)CC(=O)[O-]. The normalized spacial score (nSPS) is 9.71. The van der Waals surface area contributed by atoms with Crippen LogP contribution in [-0.2, 0) is 9.59 Å². The first-order chi connectivity index (χ1) is 6.06. The average Bonchev–Trinajstić information content (AvgIpc) is 1.81. The van der Waals surface area contributed by atoms with E-state index in [9.17, 15) is 19.8 Å². The molecule has 0 rings (SSSR count). The van der Waals surface area contributed by atoms with Crippen molar-refractivity contribution in [1.82, 2.24) is 0 Å². The summed E-state index contributed by atoms with van der Waals surface area (Å²) in [5, 5.41) is 19.4. The highest BCUT2D eigenvalue weighted by Crippen LogP contribution is 1.84. The van der Waals surface area contributed by atoms with Gasteiger partial charge in [-0.1, -0.05) is 6.58 Å². The number of carboxylic acid groups (broad SMARTS) is 2. The largest absolute Gasteiger partial charge is 0.545 e. The maximum Gasteiger partial charge on any atom is 0.118 e. The summed E-state index contributed by atoms with van der Waals surface area (Å²) in [6.45, 7) is 4.55. The summed E-state index contributed by atoms with van der Waals surface area (Å²) in [7, 11) is 5.40. The van der Waals surface area contributed by atoms with E-state index >= 15 is 0 Å². The Kier molecular flexibility index (Phi) is 6.64. The van der Waals surface area contributed by atoms with Crippen molar-refractivity contribution in [1.29, 1.82) is 0 Å². The molecular weight excluding hydrogens is 186 g/mol. The lowest BCUT2D eigenvalue weighted by Crippen LogP contribution is -2.45. The number of carbonyl (C=O) groups excluding carboxylic acids is 2. The molecule has 0 aliphatic heterocycles. The number of aliphatic carboxylic acids is 2. The molecule has 0 saturated carbocycles. The Hall–Kier alpha value is -1.36. The number of rotatable bonds is 3. The van der Waals surface area contributed by atoms with Gasteiger partial charge in [-0.2, -0.15) is 0 Å². The molecule has 0 atom stereocenters. The van der Waals surface area contributed by atoms with Gasteiger partial charge in [0.2, 0.25) is 0 Å². The quantitative estimate of drug-likeness (QED) is 0.382. The van der Waals surface area contributed by atoms with Gasteiger partial charge in [0.15, 0.2) is 0 Å².